The van der Waals surface area contributed by atoms with Gasteiger partial charge in [0.1, 0.15) is 5.52 Å². The van der Waals surface area contributed by atoms with Gasteiger partial charge < -0.3 is 10.6 Å². The first-order valence-corrected chi connectivity index (χ1v) is 6.10. The van der Waals surface area contributed by atoms with Gasteiger partial charge in [0, 0.05) is 32.3 Å². The zero-order chi connectivity index (χ0) is 14.5. The highest BCUT2D eigenvalue weighted by Gasteiger charge is 2.14. The minimum absolute atomic E-state index is 0.0185. The van der Waals surface area contributed by atoms with E-state index in [1.807, 2.05) is 0 Å². The molecule has 0 aliphatic heterocycles. The number of nitrogens with zero attached hydrogens (tertiary/aromatic N) is 2. The molecule has 2 rings (SSSR count). The van der Waals surface area contributed by atoms with E-state index in [9.17, 15) is 14.9 Å². The normalized spacial score (nSPS) is 10.2. The molecule has 1 amide bonds. The summed E-state index contributed by atoms with van der Waals surface area (Å²) in [5.74, 6) is -0.0725. The van der Waals surface area contributed by atoms with Crippen LogP contribution < -0.4 is 10.6 Å². The summed E-state index contributed by atoms with van der Waals surface area (Å²) in [5, 5.41) is 17.0. The molecule has 0 spiro atoms. The van der Waals surface area contributed by atoms with Crippen molar-refractivity contribution in [2.75, 3.05) is 18.9 Å². The van der Waals surface area contributed by atoms with E-state index < -0.39 is 4.92 Å². The number of rotatable bonds is 5. The number of amides is 1. The number of nitrogens with one attached hydrogen (secondary N) is 2. The van der Waals surface area contributed by atoms with Gasteiger partial charge in [0.25, 0.3) is 5.69 Å². The van der Waals surface area contributed by atoms with Gasteiger partial charge in [0.15, 0.2) is 0 Å². The maximum absolute atomic E-state index is 11.2. The summed E-state index contributed by atoms with van der Waals surface area (Å²) < 4.78 is 0. The van der Waals surface area contributed by atoms with E-state index in [0.717, 1.165) is 0 Å². The summed E-state index contributed by atoms with van der Waals surface area (Å²) in [6.07, 6.45) is 1.90. The van der Waals surface area contributed by atoms with Gasteiger partial charge in [0.2, 0.25) is 5.91 Å². The second-order valence-electron chi connectivity index (χ2n) is 4.14. The Kier molecular flexibility index (Phi) is 4.09. The largest absolute Gasteiger partial charge is 0.383 e. The molecule has 0 atom stereocenters. The summed E-state index contributed by atoms with van der Waals surface area (Å²) >= 11 is 0. The highest BCUT2D eigenvalue weighted by atomic mass is 16.6. The molecule has 0 aliphatic carbocycles. The first-order chi connectivity index (χ1) is 9.63. The number of anilines is 1. The van der Waals surface area contributed by atoms with Crippen LogP contribution >= 0.6 is 0 Å². The Balaban J connectivity index is 2.29. The average Bonchev–Trinajstić information content (AvgIpc) is 2.46. The van der Waals surface area contributed by atoms with Crippen LogP contribution in [0.4, 0.5) is 11.4 Å². The fourth-order valence-electron chi connectivity index (χ4n) is 1.90. The summed E-state index contributed by atoms with van der Waals surface area (Å²) in [5.41, 5.74) is 1.22. The van der Waals surface area contributed by atoms with Gasteiger partial charge in [-0.3, -0.25) is 19.9 Å². The lowest BCUT2D eigenvalue weighted by Gasteiger charge is -2.08. The van der Waals surface area contributed by atoms with Crippen molar-refractivity contribution in [3.8, 4) is 0 Å². The second-order valence-corrected chi connectivity index (χ2v) is 4.14. The summed E-state index contributed by atoms with van der Waals surface area (Å²) in [6, 6.07) is 6.36. The molecule has 7 nitrogen and oxygen atoms in total. The van der Waals surface area contributed by atoms with Crippen LogP contribution in [-0.4, -0.2) is 29.4 Å². The maximum atomic E-state index is 11.2. The van der Waals surface area contributed by atoms with Gasteiger partial charge in [-0.15, -0.1) is 0 Å². The van der Waals surface area contributed by atoms with E-state index in [1.54, 1.807) is 31.4 Å². The molecule has 20 heavy (non-hydrogen) atoms. The minimum atomic E-state index is -0.432. The Labute approximate surface area is 115 Å². The monoisotopic (exact) mass is 274 g/mol. The molecule has 0 saturated carbocycles. The summed E-state index contributed by atoms with van der Waals surface area (Å²) in [7, 11) is 1.57. The lowest BCUT2D eigenvalue weighted by Crippen LogP contribution is -2.20. The third-order valence-corrected chi connectivity index (χ3v) is 2.89. The molecular formula is C13H14N4O3. The first kappa shape index (κ1) is 13.7. The zero-order valence-electron chi connectivity index (χ0n) is 10.9. The van der Waals surface area contributed by atoms with Crippen LogP contribution in [0.5, 0.6) is 0 Å². The van der Waals surface area contributed by atoms with Crippen LogP contribution in [0.2, 0.25) is 0 Å². The van der Waals surface area contributed by atoms with Crippen LogP contribution in [0, 0.1) is 10.1 Å². The van der Waals surface area contributed by atoms with Crippen LogP contribution in [0.15, 0.2) is 30.5 Å². The topological polar surface area (TPSA) is 97.2 Å². The molecule has 1 heterocycles. The quantitative estimate of drug-likeness (QED) is 0.638. The van der Waals surface area contributed by atoms with E-state index in [4.69, 9.17) is 0 Å². The number of non-ortho nitro benzene ring substituents is 1. The minimum Gasteiger partial charge on any atom is -0.383 e. The van der Waals surface area contributed by atoms with E-state index in [0.29, 0.717) is 29.6 Å². The van der Waals surface area contributed by atoms with E-state index in [2.05, 4.69) is 15.6 Å². The van der Waals surface area contributed by atoms with E-state index in [1.165, 1.54) is 6.07 Å². The van der Waals surface area contributed by atoms with Crippen molar-refractivity contribution in [3.63, 3.8) is 0 Å². The van der Waals surface area contributed by atoms with Gasteiger partial charge in [-0.2, -0.15) is 0 Å². The van der Waals surface area contributed by atoms with Crippen molar-refractivity contribution < 1.29 is 9.72 Å². The highest BCUT2D eigenvalue weighted by Crippen LogP contribution is 2.29. The molecule has 0 saturated heterocycles. The Morgan fingerprint density at radius 1 is 1.40 bits per heavy atom. The molecule has 2 N–H and O–H groups in total. The number of aromatic nitrogens is 1. The van der Waals surface area contributed by atoms with Gasteiger partial charge >= 0.3 is 0 Å². The molecule has 0 unspecified atom stereocenters. The lowest BCUT2D eigenvalue weighted by atomic mass is 10.1. The number of fused-ring (bicyclic) bond motifs is 1. The number of hydrogen-bond acceptors (Lipinski definition) is 5. The number of hydrogen-bond donors (Lipinski definition) is 2. The molecular weight excluding hydrogens is 260 g/mol. The van der Waals surface area contributed by atoms with Gasteiger partial charge in [-0.1, -0.05) is 0 Å². The smallest absolute Gasteiger partial charge is 0.278 e. The molecule has 104 valence electrons. The zero-order valence-corrected chi connectivity index (χ0v) is 10.9. The Morgan fingerprint density at radius 2 is 2.20 bits per heavy atom. The number of carbonyl (C=O) groups is 1. The third kappa shape index (κ3) is 2.82. The number of carbonyl (C=O) groups excluding carboxylic acids is 1. The van der Waals surface area contributed by atoms with Crippen LogP contribution in [0.1, 0.15) is 6.42 Å². The SMILES string of the molecule is CNC(=O)CCNc1ccc([N+](=O)[O-])c2cccnc12. The van der Waals surface area contributed by atoms with Crippen molar-refractivity contribution in [1.29, 1.82) is 0 Å². The van der Waals surface area contributed by atoms with Crippen LogP contribution in [-0.2, 0) is 4.79 Å². The number of benzene rings is 1. The molecule has 0 aliphatic rings. The predicted molar refractivity (Wildman–Crippen MR) is 75.6 cm³/mol. The predicted octanol–water partition coefficient (Wildman–Crippen LogP) is 1.69. The highest BCUT2D eigenvalue weighted by molar-refractivity contribution is 5.96. The summed E-state index contributed by atoms with van der Waals surface area (Å²) in [6.45, 7) is 0.434. The molecule has 1 aromatic carbocycles. The molecule has 0 bridgehead atoms. The lowest BCUT2D eigenvalue weighted by molar-refractivity contribution is -0.383. The number of pyridine rings is 1. The maximum Gasteiger partial charge on any atom is 0.278 e. The van der Waals surface area contributed by atoms with Gasteiger partial charge in [-0.05, 0) is 18.2 Å². The average molecular weight is 274 g/mol. The fraction of sp³-hybridized carbons (Fsp3) is 0.231. The Bertz CT molecular complexity index is 657. The Morgan fingerprint density at radius 3 is 2.90 bits per heavy atom. The molecule has 7 heteroatoms. The van der Waals surface area contributed by atoms with Crippen molar-refractivity contribution >= 4 is 28.2 Å². The van der Waals surface area contributed by atoms with E-state index >= 15 is 0 Å². The summed E-state index contributed by atoms with van der Waals surface area (Å²) in [4.78, 5) is 25.9. The van der Waals surface area contributed by atoms with E-state index in [-0.39, 0.29) is 11.6 Å². The van der Waals surface area contributed by atoms with Crippen molar-refractivity contribution in [2.24, 2.45) is 0 Å². The Hall–Kier alpha value is -2.70. The standard InChI is InChI=1S/C13H14N4O3/c1-14-12(18)6-8-15-10-4-5-11(17(19)20)9-3-2-7-16-13(9)10/h2-5,7,15H,6,8H2,1H3,(H,14,18). The van der Waals surface area contributed by atoms with Crippen molar-refractivity contribution in [2.45, 2.75) is 6.42 Å². The van der Waals surface area contributed by atoms with Crippen LogP contribution in [0.3, 0.4) is 0 Å². The molecule has 2 aromatic rings. The van der Waals surface area contributed by atoms with Gasteiger partial charge in [-0.25, -0.2) is 0 Å². The fourth-order valence-corrected chi connectivity index (χ4v) is 1.90. The van der Waals surface area contributed by atoms with Gasteiger partial charge in [0.05, 0.1) is 16.0 Å². The second kappa shape index (κ2) is 5.96. The van der Waals surface area contributed by atoms with Crippen LogP contribution in [0.25, 0.3) is 10.9 Å². The molecule has 0 fully saturated rings. The molecule has 0 radical (unpaired) electrons. The van der Waals surface area contributed by atoms with Crippen molar-refractivity contribution in [3.05, 3.63) is 40.6 Å². The first-order valence-electron chi connectivity index (χ1n) is 6.10. The number of nitro benzene ring substituents is 1. The van der Waals surface area contributed by atoms with Crippen molar-refractivity contribution in [1.82, 2.24) is 10.3 Å². The molecule has 1 aromatic heterocycles. The number of nitro groups is 1. The third-order valence-electron chi connectivity index (χ3n) is 2.89.